The van der Waals surface area contributed by atoms with Crippen LogP contribution in [0.3, 0.4) is 0 Å². The molecule has 1 aliphatic heterocycles. The number of benzene rings is 1. The molecule has 1 aromatic carbocycles. The van der Waals surface area contributed by atoms with E-state index in [1.165, 1.54) is 18.2 Å². The Balaban J connectivity index is 2.31. The number of halogens is 2. The number of amides is 1. The zero-order valence-electron chi connectivity index (χ0n) is 11.5. The lowest BCUT2D eigenvalue weighted by Crippen LogP contribution is -2.50. The molecular weight excluding hydrogens is 382 g/mol. The second kappa shape index (κ2) is 5.87. The van der Waals surface area contributed by atoms with Gasteiger partial charge >= 0.3 is 0 Å². The van der Waals surface area contributed by atoms with Gasteiger partial charge in [0.25, 0.3) is 15.0 Å². The van der Waals surface area contributed by atoms with Crippen LogP contribution in [-0.2, 0) is 13.8 Å². The number of carbonyl (C=O) groups excluding carboxylic acids is 1. The lowest BCUT2D eigenvalue weighted by molar-refractivity contribution is 0.0727. The Morgan fingerprint density at radius 3 is 2.71 bits per heavy atom. The maximum absolute atomic E-state index is 12.4. The largest absolute Gasteiger partial charge is 0.376 e. The number of ether oxygens (including phenoxy) is 1. The lowest BCUT2D eigenvalue weighted by atomic mass is 9.94. The molecule has 5 nitrogen and oxygen atoms in total. The number of nitrogens with one attached hydrogen (secondary N) is 1. The topological polar surface area (TPSA) is 72.5 Å². The fraction of sp³-hybridized carbons (Fsp3) is 0.462. The Labute approximate surface area is 136 Å². The number of rotatable bonds is 3. The van der Waals surface area contributed by atoms with E-state index in [0.29, 0.717) is 17.5 Å². The van der Waals surface area contributed by atoms with Gasteiger partial charge in [0.2, 0.25) is 0 Å². The van der Waals surface area contributed by atoms with Crippen molar-refractivity contribution in [3.8, 4) is 0 Å². The van der Waals surface area contributed by atoms with Crippen LogP contribution in [0.2, 0.25) is 0 Å². The molecule has 21 heavy (non-hydrogen) atoms. The van der Waals surface area contributed by atoms with Crippen LogP contribution in [0.25, 0.3) is 0 Å². The summed E-state index contributed by atoms with van der Waals surface area (Å²) in [6.45, 7) is 4.37. The van der Waals surface area contributed by atoms with Gasteiger partial charge in [0.15, 0.2) is 0 Å². The van der Waals surface area contributed by atoms with E-state index < -0.39 is 14.6 Å². The summed E-state index contributed by atoms with van der Waals surface area (Å²) in [4.78, 5) is 12.3. The summed E-state index contributed by atoms with van der Waals surface area (Å²) in [5, 5.41) is 2.91. The van der Waals surface area contributed by atoms with Crippen molar-refractivity contribution in [2.75, 3.05) is 6.61 Å². The Morgan fingerprint density at radius 2 is 2.19 bits per heavy atom. The van der Waals surface area contributed by atoms with Crippen molar-refractivity contribution < 1.29 is 17.9 Å². The third-order valence-corrected chi connectivity index (χ3v) is 5.79. The van der Waals surface area contributed by atoms with E-state index >= 15 is 0 Å². The fourth-order valence-electron chi connectivity index (χ4n) is 2.16. The molecule has 116 valence electrons. The van der Waals surface area contributed by atoms with Crippen LogP contribution in [-0.4, -0.2) is 32.6 Å². The monoisotopic (exact) mass is 395 g/mol. The molecule has 1 aromatic rings. The second-order valence-corrected chi connectivity index (χ2v) is 8.63. The summed E-state index contributed by atoms with van der Waals surface area (Å²) in [6.07, 6.45) is 0.588. The minimum atomic E-state index is -3.88. The molecule has 0 saturated carbocycles. The molecule has 8 heteroatoms. The molecule has 0 spiro atoms. The minimum absolute atomic E-state index is 0.111. The molecule has 1 heterocycles. The van der Waals surface area contributed by atoms with Crippen LogP contribution in [0.5, 0.6) is 0 Å². The Bertz CT molecular complexity index is 679. The van der Waals surface area contributed by atoms with E-state index in [1.807, 2.05) is 13.8 Å². The molecule has 1 fully saturated rings. The van der Waals surface area contributed by atoms with Crippen molar-refractivity contribution in [3.05, 3.63) is 28.2 Å². The second-order valence-electron chi connectivity index (χ2n) is 5.21. The third kappa shape index (κ3) is 3.59. The molecule has 0 radical (unpaired) electrons. The van der Waals surface area contributed by atoms with Gasteiger partial charge in [0, 0.05) is 21.8 Å². The van der Waals surface area contributed by atoms with E-state index in [1.54, 1.807) is 0 Å². The molecule has 2 unspecified atom stereocenters. The van der Waals surface area contributed by atoms with Gasteiger partial charge in [-0.2, -0.15) is 0 Å². The molecule has 1 saturated heterocycles. The number of carbonyl (C=O) groups is 1. The highest BCUT2D eigenvalue weighted by molar-refractivity contribution is 9.10. The standard InChI is InChI=1S/C13H15BrClNO4S/c1-8-13(2,5-6-20-8)16-12(17)10-7-9(21(15,18)19)3-4-11(10)14/h3-4,7-8H,5-6H2,1-2H3,(H,16,17). The van der Waals surface area contributed by atoms with Crippen molar-refractivity contribution in [1.29, 1.82) is 0 Å². The molecule has 2 atom stereocenters. The van der Waals surface area contributed by atoms with Crippen molar-refractivity contribution in [2.45, 2.75) is 36.8 Å². The first-order chi connectivity index (χ1) is 9.63. The maximum atomic E-state index is 12.4. The molecule has 0 bridgehead atoms. The normalized spacial score (nSPS) is 25.8. The summed E-state index contributed by atoms with van der Waals surface area (Å²) < 4.78 is 28.7. The smallest absolute Gasteiger partial charge is 0.261 e. The highest BCUT2D eigenvalue weighted by atomic mass is 79.9. The van der Waals surface area contributed by atoms with Crippen molar-refractivity contribution in [2.24, 2.45) is 0 Å². The van der Waals surface area contributed by atoms with Crippen LogP contribution in [0.4, 0.5) is 0 Å². The zero-order valence-corrected chi connectivity index (χ0v) is 14.7. The Morgan fingerprint density at radius 1 is 1.52 bits per heavy atom. The summed E-state index contributed by atoms with van der Waals surface area (Å²) in [7, 11) is 1.43. The van der Waals surface area contributed by atoms with Gasteiger partial charge in [-0.25, -0.2) is 8.42 Å². The SMILES string of the molecule is CC1OCCC1(C)NC(=O)c1cc(S(=O)(=O)Cl)ccc1Br. The third-order valence-electron chi connectivity index (χ3n) is 3.75. The average Bonchev–Trinajstić information content (AvgIpc) is 2.68. The first-order valence-corrected chi connectivity index (χ1v) is 9.42. The van der Waals surface area contributed by atoms with Gasteiger partial charge in [0.05, 0.1) is 22.1 Å². The van der Waals surface area contributed by atoms with Gasteiger partial charge in [-0.05, 0) is 54.4 Å². The zero-order chi connectivity index (χ0) is 15.8. The van der Waals surface area contributed by atoms with Crippen molar-refractivity contribution >= 4 is 41.6 Å². The van der Waals surface area contributed by atoms with Gasteiger partial charge in [-0.15, -0.1) is 0 Å². The average molecular weight is 397 g/mol. The number of hydrogen-bond donors (Lipinski definition) is 1. The summed E-state index contributed by atoms with van der Waals surface area (Å²) in [5.41, 5.74) is -0.260. The van der Waals surface area contributed by atoms with Gasteiger partial charge < -0.3 is 10.1 Å². The first-order valence-electron chi connectivity index (χ1n) is 6.32. The highest BCUT2D eigenvalue weighted by Crippen LogP contribution is 2.28. The van der Waals surface area contributed by atoms with Gasteiger partial charge in [-0.1, -0.05) is 0 Å². The summed E-state index contributed by atoms with van der Waals surface area (Å²) in [5.74, 6) is -0.371. The van der Waals surface area contributed by atoms with Crippen LogP contribution in [0.1, 0.15) is 30.6 Å². The van der Waals surface area contributed by atoms with E-state index in [9.17, 15) is 13.2 Å². The van der Waals surface area contributed by atoms with Crippen molar-refractivity contribution in [3.63, 3.8) is 0 Å². The molecule has 0 aliphatic carbocycles. The van der Waals surface area contributed by atoms with Crippen LogP contribution >= 0.6 is 26.6 Å². The molecule has 1 amide bonds. The predicted molar refractivity (Wildman–Crippen MR) is 83.1 cm³/mol. The lowest BCUT2D eigenvalue weighted by Gasteiger charge is -2.29. The van der Waals surface area contributed by atoms with Gasteiger partial charge in [-0.3, -0.25) is 4.79 Å². The van der Waals surface area contributed by atoms with E-state index in [4.69, 9.17) is 15.4 Å². The molecular formula is C13H15BrClNO4S. The van der Waals surface area contributed by atoms with Crippen LogP contribution < -0.4 is 5.32 Å². The summed E-state index contributed by atoms with van der Waals surface area (Å²) >= 11 is 3.25. The maximum Gasteiger partial charge on any atom is 0.261 e. The fourth-order valence-corrected chi connectivity index (χ4v) is 3.36. The minimum Gasteiger partial charge on any atom is -0.376 e. The molecule has 1 N–H and O–H groups in total. The summed E-state index contributed by atoms with van der Waals surface area (Å²) in [6, 6.07) is 4.08. The first kappa shape index (κ1) is 16.7. The van der Waals surface area contributed by atoms with Crippen molar-refractivity contribution in [1.82, 2.24) is 5.32 Å². The molecule has 2 rings (SSSR count). The van der Waals surface area contributed by atoms with E-state index in [-0.39, 0.29) is 22.5 Å². The Kier molecular flexibility index (Phi) is 4.68. The molecule has 1 aliphatic rings. The Hall–Kier alpha value is -0.630. The highest BCUT2D eigenvalue weighted by Gasteiger charge is 2.38. The van der Waals surface area contributed by atoms with Crippen LogP contribution in [0, 0.1) is 0 Å². The quantitative estimate of drug-likeness (QED) is 0.797. The number of hydrogen-bond acceptors (Lipinski definition) is 4. The van der Waals surface area contributed by atoms with E-state index in [2.05, 4.69) is 21.2 Å². The molecule has 0 aromatic heterocycles. The van der Waals surface area contributed by atoms with Gasteiger partial charge in [0.1, 0.15) is 0 Å². The van der Waals surface area contributed by atoms with E-state index in [0.717, 1.165) is 0 Å². The predicted octanol–water partition coefficient (Wildman–Crippen LogP) is 2.67. The van der Waals surface area contributed by atoms with Crippen LogP contribution in [0.15, 0.2) is 27.6 Å².